The predicted molar refractivity (Wildman–Crippen MR) is 106 cm³/mol. The maximum absolute atomic E-state index is 13.1. The Morgan fingerprint density at radius 2 is 1.90 bits per heavy atom. The third kappa shape index (κ3) is 6.22. The second-order valence-corrected chi connectivity index (χ2v) is 8.67. The molecule has 0 unspecified atom stereocenters. The number of nitrogens with zero attached hydrogens (tertiary/aromatic N) is 2. The molecule has 0 saturated carbocycles. The van der Waals surface area contributed by atoms with Crippen LogP contribution in [0, 0.1) is 5.92 Å². The van der Waals surface area contributed by atoms with E-state index in [-0.39, 0.29) is 18.4 Å². The molecule has 5 nitrogen and oxygen atoms in total. The van der Waals surface area contributed by atoms with Crippen molar-refractivity contribution in [2.45, 2.75) is 51.2 Å². The zero-order valence-electron chi connectivity index (χ0n) is 17.1. The van der Waals surface area contributed by atoms with Gasteiger partial charge in [0.1, 0.15) is 5.54 Å². The number of nitrogens with one attached hydrogen (secondary N) is 1. The highest BCUT2D eigenvalue weighted by Crippen LogP contribution is 2.34. The Bertz CT molecular complexity index is 681. The minimum Gasteiger partial charge on any atom is -0.352 e. The van der Waals surface area contributed by atoms with Crippen molar-refractivity contribution in [2.75, 3.05) is 33.2 Å². The first-order valence-corrected chi connectivity index (χ1v) is 10.2. The quantitative estimate of drug-likeness (QED) is 0.695. The largest absolute Gasteiger partial charge is 0.411 e. The van der Waals surface area contributed by atoms with Crippen molar-refractivity contribution in [3.05, 3.63) is 22.8 Å². The Kier molecular flexibility index (Phi) is 7.79. The SMILES string of the molecule is CN(C(=O)CN1CCC(CNC(=O)C2=CC(Cl)=CCC2)CC1)C(C)(C)C(F)(F)F. The van der Waals surface area contributed by atoms with E-state index < -0.39 is 17.6 Å². The molecule has 1 fully saturated rings. The lowest BCUT2D eigenvalue weighted by Gasteiger charge is -2.39. The molecule has 0 aromatic rings. The molecule has 1 heterocycles. The average molecular weight is 436 g/mol. The summed E-state index contributed by atoms with van der Waals surface area (Å²) in [5, 5.41) is 3.52. The Morgan fingerprint density at radius 1 is 1.28 bits per heavy atom. The van der Waals surface area contributed by atoms with Gasteiger partial charge in [0.05, 0.1) is 6.54 Å². The van der Waals surface area contributed by atoms with Gasteiger partial charge in [0.25, 0.3) is 0 Å². The molecule has 0 spiro atoms. The molecule has 29 heavy (non-hydrogen) atoms. The van der Waals surface area contributed by atoms with Crippen LogP contribution in [-0.4, -0.2) is 66.6 Å². The molecule has 1 aliphatic heterocycles. The summed E-state index contributed by atoms with van der Waals surface area (Å²) in [5.41, 5.74) is -1.53. The topological polar surface area (TPSA) is 52.7 Å². The molecule has 1 N–H and O–H groups in total. The van der Waals surface area contributed by atoms with Crippen LogP contribution in [0.2, 0.25) is 0 Å². The lowest BCUT2D eigenvalue weighted by atomic mass is 9.96. The van der Waals surface area contributed by atoms with Gasteiger partial charge in [-0.3, -0.25) is 14.5 Å². The van der Waals surface area contributed by atoms with Crippen molar-refractivity contribution in [2.24, 2.45) is 5.92 Å². The average Bonchev–Trinajstić information content (AvgIpc) is 2.65. The van der Waals surface area contributed by atoms with E-state index in [2.05, 4.69) is 5.32 Å². The van der Waals surface area contributed by atoms with Gasteiger partial charge < -0.3 is 10.2 Å². The second-order valence-electron chi connectivity index (χ2n) is 8.24. The van der Waals surface area contributed by atoms with E-state index in [4.69, 9.17) is 11.6 Å². The number of piperidine rings is 1. The number of alkyl halides is 3. The van der Waals surface area contributed by atoms with E-state index in [1.54, 1.807) is 6.08 Å². The summed E-state index contributed by atoms with van der Waals surface area (Å²) < 4.78 is 39.4. The highest BCUT2D eigenvalue weighted by molar-refractivity contribution is 6.31. The van der Waals surface area contributed by atoms with Crippen LogP contribution in [0.3, 0.4) is 0 Å². The van der Waals surface area contributed by atoms with Gasteiger partial charge in [0.15, 0.2) is 0 Å². The van der Waals surface area contributed by atoms with Crippen molar-refractivity contribution in [3.8, 4) is 0 Å². The number of allylic oxidation sites excluding steroid dienone is 3. The fourth-order valence-corrected chi connectivity index (χ4v) is 3.58. The predicted octanol–water partition coefficient (Wildman–Crippen LogP) is 3.46. The molecule has 0 atom stereocenters. The minimum atomic E-state index is -4.49. The Morgan fingerprint density at radius 3 is 2.45 bits per heavy atom. The number of likely N-dealkylation sites (tertiary alicyclic amines) is 1. The third-order valence-electron chi connectivity index (χ3n) is 5.88. The van der Waals surface area contributed by atoms with Crippen LogP contribution in [0.5, 0.6) is 0 Å². The minimum absolute atomic E-state index is 0.0349. The number of hydrogen-bond donors (Lipinski definition) is 1. The van der Waals surface area contributed by atoms with Crippen LogP contribution in [0.25, 0.3) is 0 Å². The first-order valence-electron chi connectivity index (χ1n) is 9.82. The van der Waals surface area contributed by atoms with Gasteiger partial charge in [-0.15, -0.1) is 0 Å². The van der Waals surface area contributed by atoms with Crippen LogP contribution < -0.4 is 5.32 Å². The summed E-state index contributed by atoms with van der Waals surface area (Å²) in [7, 11) is 1.19. The molecule has 0 bridgehead atoms. The van der Waals surface area contributed by atoms with Crippen molar-refractivity contribution >= 4 is 23.4 Å². The molecule has 164 valence electrons. The van der Waals surface area contributed by atoms with E-state index in [0.29, 0.717) is 36.7 Å². The first kappa shape index (κ1) is 23.7. The van der Waals surface area contributed by atoms with E-state index >= 15 is 0 Å². The summed E-state index contributed by atoms with van der Waals surface area (Å²) in [6.45, 7) is 3.75. The lowest BCUT2D eigenvalue weighted by molar-refractivity contribution is -0.217. The highest BCUT2D eigenvalue weighted by atomic mass is 35.5. The van der Waals surface area contributed by atoms with Gasteiger partial charge in [-0.2, -0.15) is 13.2 Å². The van der Waals surface area contributed by atoms with Crippen molar-refractivity contribution in [3.63, 3.8) is 0 Å². The number of amides is 2. The van der Waals surface area contributed by atoms with Crippen LogP contribution in [0.1, 0.15) is 39.5 Å². The molecule has 2 aliphatic rings. The smallest absolute Gasteiger partial charge is 0.352 e. The summed E-state index contributed by atoms with van der Waals surface area (Å²) in [5.74, 6) is -0.372. The number of carbonyl (C=O) groups excluding carboxylic acids is 2. The Balaban J connectivity index is 1.76. The van der Waals surface area contributed by atoms with Gasteiger partial charge in [-0.25, -0.2) is 0 Å². The maximum Gasteiger partial charge on any atom is 0.411 e. The first-order chi connectivity index (χ1) is 13.4. The van der Waals surface area contributed by atoms with Gasteiger partial charge in [0.2, 0.25) is 11.8 Å². The zero-order valence-corrected chi connectivity index (χ0v) is 17.9. The standard InChI is InChI=1S/C20H29ClF3N3O2/c1-19(2,20(22,23)24)26(3)17(28)13-27-9-7-14(8-10-27)12-25-18(29)15-5-4-6-16(21)11-15/h6,11,14H,4-5,7-10,12-13H2,1-3H3,(H,25,29). The van der Waals surface area contributed by atoms with E-state index in [9.17, 15) is 22.8 Å². The third-order valence-corrected chi connectivity index (χ3v) is 6.14. The molecular weight excluding hydrogens is 407 g/mol. The Hall–Kier alpha value is -1.54. The zero-order chi connectivity index (χ0) is 21.8. The molecule has 2 amide bonds. The number of rotatable bonds is 6. The molecule has 9 heteroatoms. The molecule has 0 aromatic carbocycles. The maximum atomic E-state index is 13.1. The fraction of sp³-hybridized carbons (Fsp3) is 0.700. The number of likely N-dealkylation sites (N-methyl/N-ethyl adjacent to an activating group) is 1. The molecular formula is C20H29ClF3N3O2. The van der Waals surface area contributed by atoms with Gasteiger partial charge in [-0.1, -0.05) is 17.7 Å². The lowest BCUT2D eigenvalue weighted by Crippen LogP contribution is -2.57. The second kappa shape index (κ2) is 9.51. The summed E-state index contributed by atoms with van der Waals surface area (Å²) >= 11 is 5.94. The molecule has 2 rings (SSSR count). The summed E-state index contributed by atoms with van der Waals surface area (Å²) in [4.78, 5) is 27.2. The van der Waals surface area contributed by atoms with Crippen molar-refractivity contribution in [1.29, 1.82) is 0 Å². The fourth-order valence-electron chi connectivity index (χ4n) is 3.34. The normalized spacial score (nSPS) is 19.4. The monoisotopic (exact) mass is 435 g/mol. The number of halogens is 4. The van der Waals surface area contributed by atoms with Crippen molar-refractivity contribution < 1.29 is 22.8 Å². The van der Waals surface area contributed by atoms with Crippen LogP contribution >= 0.6 is 11.6 Å². The summed E-state index contributed by atoms with van der Waals surface area (Å²) in [6, 6.07) is 0. The molecule has 1 saturated heterocycles. The highest BCUT2D eigenvalue weighted by Gasteiger charge is 2.51. The van der Waals surface area contributed by atoms with Crippen LogP contribution in [0.4, 0.5) is 13.2 Å². The van der Waals surface area contributed by atoms with Crippen LogP contribution in [-0.2, 0) is 9.59 Å². The van der Waals surface area contributed by atoms with Gasteiger partial charge in [0, 0.05) is 24.2 Å². The molecule has 1 aliphatic carbocycles. The van der Waals surface area contributed by atoms with Gasteiger partial charge in [-0.05, 0) is 64.6 Å². The molecule has 0 aromatic heterocycles. The summed E-state index contributed by atoms with van der Waals surface area (Å²) in [6.07, 6.45) is 2.06. The van der Waals surface area contributed by atoms with E-state index in [1.807, 2.05) is 11.0 Å². The van der Waals surface area contributed by atoms with Crippen molar-refractivity contribution in [1.82, 2.24) is 15.1 Å². The van der Waals surface area contributed by atoms with Crippen LogP contribution in [0.15, 0.2) is 22.8 Å². The number of hydrogen-bond acceptors (Lipinski definition) is 3. The number of carbonyl (C=O) groups is 2. The van der Waals surface area contributed by atoms with Gasteiger partial charge >= 0.3 is 6.18 Å². The van der Waals surface area contributed by atoms with E-state index in [1.165, 1.54) is 7.05 Å². The Labute approximate surface area is 174 Å². The molecule has 0 radical (unpaired) electrons. The van der Waals surface area contributed by atoms with E-state index in [0.717, 1.165) is 38.0 Å².